The Hall–Kier alpha value is -0.640. The van der Waals surface area contributed by atoms with E-state index >= 15 is 0 Å². The van der Waals surface area contributed by atoms with Crippen molar-refractivity contribution in [1.29, 1.82) is 0 Å². The van der Waals surface area contributed by atoms with Gasteiger partial charge in [0.05, 0.1) is 12.2 Å². The summed E-state index contributed by atoms with van der Waals surface area (Å²) in [5, 5.41) is 20.5. The van der Waals surface area contributed by atoms with Gasteiger partial charge >= 0.3 is 0 Å². The van der Waals surface area contributed by atoms with Gasteiger partial charge in [0.15, 0.2) is 0 Å². The Labute approximate surface area is 148 Å². The summed E-state index contributed by atoms with van der Waals surface area (Å²) in [7, 11) is 0. The molecule has 0 aromatic carbocycles. The number of unbranched alkanes of at least 4 members (excludes halogenated alkanes) is 4. The molecule has 24 heavy (non-hydrogen) atoms. The second-order valence-corrected chi connectivity index (χ2v) is 7.78. The average molecular weight is 336 g/mol. The van der Waals surface area contributed by atoms with Crippen LogP contribution in [-0.4, -0.2) is 29.0 Å². The van der Waals surface area contributed by atoms with Crippen LogP contribution in [0.25, 0.3) is 0 Å². The van der Waals surface area contributed by atoms with Gasteiger partial charge in [-0.05, 0) is 56.9 Å². The molecule has 2 aliphatic carbocycles. The van der Waals surface area contributed by atoms with E-state index in [4.69, 9.17) is 5.73 Å². The summed E-state index contributed by atoms with van der Waals surface area (Å²) in [6.07, 6.45) is 17.0. The van der Waals surface area contributed by atoms with E-state index in [2.05, 4.69) is 19.1 Å². The van der Waals surface area contributed by atoms with Crippen LogP contribution in [0.2, 0.25) is 0 Å². The molecular weight excluding hydrogens is 298 g/mol. The number of fused-ring (bicyclic) bond motifs is 1. The summed E-state index contributed by atoms with van der Waals surface area (Å²) in [6, 6.07) is 0. The number of rotatable bonds is 11. The number of nitrogens with two attached hydrogens (primary N) is 1. The summed E-state index contributed by atoms with van der Waals surface area (Å²) in [4.78, 5) is 0. The lowest BCUT2D eigenvalue weighted by atomic mass is 9.88. The molecule has 0 aromatic rings. The molecule has 1 saturated carbocycles. The van der Waals surface area contributed by atoms with Gasteiger partial charge in [-0.25, -0.2) is 0 Å². The summed E-state index contributed by atoms with van der Waals surface area (Å²) >= 11 is 0. The standard InChI is InChI=1S/C21H37NO2/c1-2-3-5-9-18(23)10-11-19-20-14-16(8-6-4-7-12-22)13-17(20)15-21(19)24/h10-11,13,17-21,23-24H,2-9,12,14-15,22H2,1H3/b11-10+/t17-,18-,19+,20-,21+/m0/s1. The van der Waals surface area contributed by atoms with Crippen LogP contribution in [-0.2, 0) is 0 Å². The maximum Gasteiger partial charge on any atom is 0.0721 e. The monoisotopic (exact) mass is 335 g/mol. The molecule has 0 saturated heterocycles. The Bertz CT molecular complexity index is 418. The largest absolute Gasteiger partial charge is 0.392 e. The van der Waals surface area contributed by atoms with E-state index in [0.29, 0.717) is 11.8 Å². The molecule has 0 radical (unpaired) electrons. The van der Waals surface area contributed by atoms with Gasteiger partial charge in [0.25, 0.3) is 0 Å². The van der Waals surface area contributed by atoms with Crippen molar-refractivity contribution in [1.82, 2.24) is 0 Å². The zero-order valence-electron chi connectivity index (χ0n) is 15.4. The summed E-state index contributed by atoms with van der Waals surface area (Å²) in [6.45, 7) is 2.97. The highest BCUT2D eigenvalue weighted by Gasteiger charge is 2.43. The molecule has 0 heterocycles. The van der Waals surface area contributed by atoms with E-state index in [9.17, 15) is 10.2 Å². The van der Waals surface area contributed by atoms with E-state index in [-0.39, 0.29) is 18.1 Å². The lowest BCUT2D eigenvalue weighted by molar-refractivity contribution is 0.139. The van der Waals surface area contributed by atoms with E-state index in [1.807, 2.05) is 6.08 Å². The Morgan fingerprint density at radius 1 is 1.25 bits per heavy atom. The van der Waals surface area contributed by atoms with E-state index < -0.39 is 0 Å². The highest BCUT2D eigenvalue weighted by molar-refractivity contribution is 5.20. The molecule has 3 heteroatoms. The maximum absolute atomic E-state index is 10.4. The first-order valence-corrected chi connectivity index (χ1v) is 10.1. The minimum Gasteiger partial charge on any atom is -0.392 e. The molecular formula is C21H37NO2. The van der Waals surface area contributed by atoms with Gasteiger partial charge < -0.3 is 15.9 Å². The van der Waals surface area contributed by atoms with Crippen molar-refractivity contribution in [3.8, 4) is 0 Å². The molecule has 3 nitrogen and oxygen atoms in total. The lowest BCUT2D eigenvalue weighted by Gasteiger charge is -2.19. The van der Waals surface area contributed by atoms with Gasteiger partial charge in [-0.3, -0.25) is 0 Å². The molecule has 2 rings (SSSR count). The maximum atomic E-state index is 10.4. The Morgan fingerprint density at radius 2 is 2.08 bits per heavy atom. The second kappa shape index (κ2) is 10.4. The van der Waals surface area contributed by atoms with Crippen LogP contribution in [0.15, 0.2) is 23.8 Å². The van der Waals surface area contributed by atoms with Crippen molar-refractivity contribution in [3.63, 3.8) is 0 Å². The smallest absolute Gasteiger partial charge is 0.0721 e. The Balaban J connectivity index is 1.79. The minimum atomic E-state index is -0.354. The quantitative estimate of drug-likeness (QED) is 0.396. The molecule has 0 spiro atoms. The van der Waals surface area contributed by atoms with Gasteiger partial charge in [0.2, 0.25) is 0 Å². The molecule has 4 N–H and O–H groups in total. The van der Waals surface area contributed by atoms with Crippen molar-refractivity contribution in [2.45, 2.75) is 83.3 Å². The highest BCUT2D eigenvalue weighted by Crippen LogP contribution is 2.48. The van der Waals surface area contributed by atoms with Crippen molar-refractivity contribution in [2.24, 2.45) is 23.5 Å². The molecule has 1 fully saturated rings. The normalized spacial score (nSPS) is 30.8. The molecule has 0 bridgehead atoms. The van der Waals surface area contributed by atoms with Gasteiger partial charge in [0, 0.05) is 5.92 Å². The minimum absolute atomic E-state index is 0.216. The molecule has 5 atom stereocenters. The molecule has 0 amide bonds. The fourth-order valence-corrected chi connectivity index (χ4v) is 4.42. The molecule has 0 unspecified atom stereocenters. The molecule has 0 aliphatic heterocycles. The third-order valence-electron chi connectivity index (χ3n) is 5.81. The van der Waals surface area contributed by atoms with Crippen LogP contribution < -0.4 is 5.73 Å². The topological polar surface area (TPSA) is 66.5 Å². The van der Waals surface area contributed by atoms with Crippen LogP contribution >= 0.6 is 0 Å². The number of allylic oxidation sites excluding steroid dienone is 2. The molecule has 2 aliphatic rings. The van der Waals surface area contributed by atoms with Crippen LogP contribution in [0, 0.1) is 17.8 Å². The predicted octanol–water partition coefficient (Wildman–Crippen LogP) is 3.95. The third kappa shape index (κ3) is 5.72. The Morgan fingerprint density at radius 3 is 2.83 bits per heavy atom. The van der Waals surface area contributed by atoms with E-state index in [1.54, 1.807) is 5.57 Å². The highest BCUT2D eigenvalue weighted by atomic mass is 16.3. The first kappa shape index (κ1) is 19.7. The average Bonchev–Trinajstić information content (AvgIpc) is 3.06. The van der Waals surface area contributed by atoms with E-state index in [1.165, 1.54) is 32.1 Å². The fraction of sp³-hybridized carbons (Fsp3) is 0.810. The van der Waals surface area contributed by atoms with Crippen molar-refractivity contribution >= 4 is 0 Å². The summed E-state index contributed by atoms with van der Waals surface area (Å²) < 4.78 is 0. The zero-order valence-corrected chi connectivity index (χ0v) is 15.4. The fourth-order valence-electron chi connectivity index (χ4n) is 4.42. The molecule has 138 valence electrons. The van der Waals surface area contributed by atoms with Gasteiger partial charge in [-0.15, -0.1) is 0 Å². The van der Waals surface area contributed by atoms with Crippen LogP contribution in [0.1, 0.15) is 71.1 Å². The van der Waals surface area contributed by atoms with Crippen molar-refractivity contribution < 1.29 is 10.2 Å². The first-order valence-electron chi connectivity index (χ1n) is 10.1. The van der Waals surface area contributed by atoms with Gasteiger partial charge in [-0.2, -0.15) is 0 Å². The zero-order chi connectivity index (χ0) is 17.4. The van der Waals surface area contributed by atoms with Crippen LogP contribution in [0.4, 0.5) is 0 Å². The van der Waals surface area contributed by atoms with E-state index in [0.717, 1.165) is 38.6 Å². The number of aliphatic hydroxyl groups is 2. The molecule has 0 aromatic heterocycles. The Kier molecular flexibility index (Phi) is 8.51. The first-order chi connectivity index (χ1) is 11.7. The summed E-state index contributed by atoms with van der Waals surface area (Å²) in [5.41, 5.74) is 7.14. The number of hydrogen-bond acceptors (Lipinski definition) is 3. The second-order valence-electron chi connectivity index (χ2n) is 7.78. The number of aliphatic hydroxyl groups excluding tert-OH is 2. The predicted molar refractivity (Wildman–Crippen MR) is 101 cm³/mol. The van der Waals surface area contributed by atoms with Crippen molar-refractivity contribution in [3.05, 3.63) is 23.8 Å². The summed E-state index contributed by atoms with van der Waals surface area (Å²) in [5.74, 6) is 1.30. The lowest BCUT2D eigenvalue weighted by Crippen LogP contribution is -2.18. The number of hydrogen-bond donors (Lipinski definition) is 3. The van der Waals surface area contributed by atoms with Crippen LogP contribution in [0.5, 0.6) is 0 Å². The van der Waals surface area contributed by atoms with Gasteiger partial charge in [-0.1, -0.05) is 56.4 Å². The van der Waals surface area contributed by atoms with Crippen LogP contribution in [0.3, 0.4) is 0 Å². The third-order valence-corrected chi connectivity index (χ3v) is 5.81. The van der Waals surface area contributed by atoms with Crippen molar-refractivity contribution in [2.75, 3.05) is 6.54 Å². The van der Waals surface area contributed by atoms with Gasteiger partial charge in [0.1, 0.15) is 0 Å². The SMILES string of the molecule is CCCCC[C@H](O)/C=C/[C@@H]1[C@H]2CC(CCCCCN)=C[C@H]2C[C@H]1O.